The number of carbonyl (C=O) groups excluding carboxylic acids is 2. The fourth-order valence-corrected chi connectivity index (χ4v) is 6.25. The van der Waals surface area contributed by atoms with Gasteiger partial charge in [-0.25, -0.2) is 8.42 Å². The Morgan fingerprint density at radius 1 is 1.03 bits per heavy atom. The van der Waals surface area contributed by atoms with E-state index in [4.69, 9.17) is 0 Å². The van der Waals surface area contributed by atoms with E-state index >= 15 is 0 Å². The maximum Gasteiger partial charge on any atom is 0.253 e. The van der Waals surface area contributed by atoms with E-state index in [-0.39, 0.29) is 30.8 Å². The lowest BCUT2D eigenvalue weighted by molar-refractivity contribution is -0.118. The first-order chi connectivity index (χ1) is 14.1. The third-order valence-corrected chi connectivity index (χ3v) is 8.18. The summed E-state index contributed by atoms with van der Waals surface area (Å²) >= 11 is 1.47. The molecule has 1 aliphatic rings. The lowest BCUT2D eigenvalue weighted by atomic mass is 10.1. The second-order valence-corrected chi connectivity index (χ2v) is 11.1. The maximum absolute atomic E-state index is 12.9. The summed E-state index contributed by atoms with van der Waals surface area (Å²) in [5.41, 5.74) is 1.15. The molecule has 0 spiro atoms. The highest BCUT2D eigenvalue weighted by atomic mass is 32.2. The van der Waals surface area contributed by atoms with Crippen molar-refractivity contribution in [2.24, 2.45) is 5.92 Å². The van der Waals surface area contributed by atoms with Crippen molar-refractivity contribution in [3.63, 3.8) is 0 Å². The van der Waals surface area contributed by atoms with Crippen LogP contribution >= 0.6 is 11.3 Å². The third kappa shape index (κ3) is 4.74. The molecule has 2 heterocycles. The van der Waals surface area contributed by atoms with Crippen molar-refractivity contribution in [3.8, 4) is 0 Å². The van der Waals surface area contributed by atoms with E-state index in [1.54, 1.807) is 35.2 Å². The van der Waals surface area contributed by atoms with Gasteiger partial charge in [0.25, 0.3) is 5.91 Å². The molecule has 1 saturated heterocycles. The Morgan fingerprint density at radius 3 is 2.13 bits per heavy atom. The summed E-state index contributed by atoms with van der Waals surface area (Å²) in [6.07, 6.45) is 0. The number of hydrogen-bond donors (Lipinski definition) is 1. The fraction of sp³-hybridized carbons (Fsp3) is 0.429. The van der Waals surface area contributed by atoms with Crippen molar-refractivity contribution < 1.29 is 18.0 Å². The van der Waals surface area contributed by atoms with Gasteiger partial charge in [-0.05, 0) is 44.2 Å². The Hall–Kier alpha value is -2.23. The largest absolute Gasteiger partial charge is 0.336 e. The average molecular weight is 450 g/mol. The Balaban J connectivity index is 1.63. The molecule has 162 valence electrons. The second-order valence-electron chi connectivity index (χ2n) is 7.70. The van der Waals surface area contributed by atoms with Crippen LogP contribution < -0.4 is 5.32 Å². The molecule has 0 bridgehead atoms. The summed E-state index contributed by atoms with van der Waals surface area (Å²) < 4.78 is 27.3. The van der Waals surface area contributed by atoms with E-state index in [2.05, 4.69) is 5.32 Å². The predicted octanol–water partition coefficient (Wildman–Crippen LogP) is 3.11. The van der Waals surface area contributed by atoms with E-state index in [0.29, 0.717) is 29.2 Å². The highest BCUT2D eigenvalue weighted by molar-refractivity contribution is 7.89. The van der Waals surface area contributed by atoms with Crippen LogP contribution in [0.25, 0.3) is 0 Å². The summed E-state index contributed by atoms with van der Waals surface area (Å²) in [5.74, 6) is -0.348. The molecule has 30 heavy (non-hydrogen) atoms. The zero-order valence-electron chi connectivity index (χ0n) is 17.6. The van der Waals surface area contributed by atoms with Crippen LogP contribution in [0.5, 0.6) is 0 Å². The summed E-state index contributed by atoms with van der Waals surface area (Å²) in [6.45, 7) is 8.56. The molecule has 0 atom stereocenters. The van der Waals surface area contributed by atoms with Gasteiger partial charge in [0.1, 0.15) is 0 Å². The molecule has 3 rings (SSSR count). The molecule has 0 saturated carbocycles. The highest BCUT2D eigenvalue weighted by Gasteiger charge is 2.32. The van der Waals surface area contributed by atoms with Crippen LogP contribution in [0, 0.1) is 19.8 Å². The number of amides is 2. The molecule has 0 radical (unpaired) electrons. The van der Waals surface area contributed by atoms with Gasteiger partial charge in [0.15, 0.2) is 0 Å². The van der Waals surface area contributed by atoms with Crippen LogP contribution in [0.3, 0.4) is 0 Å². The van der Waals surface area contributed by atoms with Crippen molar-refractivity contribution in [1.82, 2.24) is 9.21 Å². The van der Waals surface area contributed by atoms with E-state index in [9.17, 15) is 18.0 Å². The number of carbonyl (C=O) groups is 2. The molecule has 1 aromatic heterocycles. The lowest BCUT2D eigenvalue weighted by Crippen LogP contribution is -2.50. The Bertz CT molecular complexity index is 1030. The minimum absolute atomic E-state index is 0.0811. The van der Waals surface area contributed by atoms with Crippen molar-refractivity contribution >= 4 is 38.9 Å². The molecule has 7 nitrogen and oxygen atoms in total. The molecule has 9 heteroatoms. The zero-order chi connectivity index (χ0) is 22.1. The summed E-state index contributed by atoms with van der Waals surface area (Å²) in [7, 11) is -3.54. The zero-order valence-corrected chi connectivity index (χ0v) is 19.3. The predicted molar refractivity (Wildman–Crippen MR) is 118 cm³/mol. The SMILES string of the molecule is Cc1cc(S(=O)(=O)N2CCN(C(=O)c3ccc(NC(=O)C(C)C)cc3)CC2)c(C)s1. The average Bonchev–Trinajstić information content (AvgIpc) is 3.07. The third-order valence-electron chi connectivity index (χ3n) is 5.06. The van der Waals surface area contributed by atoms with Gasteiger partial charge in [-0.1, -0.05) is 13.8 Å². The molecule has 1 N–H and O–H groups in total. The van der Waals surface area contributed by atoms with Gasteiger partial charge in [-0.15, -0.1) is 11.3 Å². The molecule has 0 aliphatic carbocycles. The van der Waals surface area contributed by atoms with Crippen LogP contribution in [0.2, 0.25) is 0 Å². The number of benzene rings is 1. The first kappa shape index (κ1) is 22.5. The van der Waals surface area contributed by atoms with Crippen LogP contribution in [0.1, 0.15) is 34.0 Å². The Labute approximate surface area is 181 Å². The van der Waals surface area contributed by atoms with Gasteiger partial charge in [-0.2, -0.15) is 4.31 Å². The van der Waals surface area contributed by atoms with E-state index < -0.39 is 10.0 Å². The standard InChI is InChI=1S/C21H27N3O4S2/c1-14(2)20(25)22-18-7-5-17(6-8-18)21(26)23-9-11-24(12-10-23)30(27,28)19-13-15(3)29-16(19)4/h5-8,13-14H,9-12H2,1-4H3,(H,22,25). The molecule has 1 aromatic carbocycles. The molecule has 1 aliphatic heterocycles. The molecule has 2 amide bonds. The Kier molecular flexibility index (Phi) is 6.64. The minimum Gasteiger partial charge on any atom is -0.336 e. The second kappa shape index (κ2) is 8.87. The van der Waals surface area contributed by atoms with Crippen molar-refractivity contribution in [3.05, 3.63) is 45.6 Å². The van der Waals surface area contributed by atoms with Gasteiger partial charge < -0.3 is 10.2 Å². The van der Waals surface area contributed by atoms with Crippen LogP contribution in [0.15, 0.2) is 35.2 Å². The fourth-order valence-electron chi connectivity index (χ4n) is 3.30. The number of anilines is 1. The summed E-state index contributed by atoms with van der Waals surface area (Å²) in [5, 5.41) is 2.79. The van der Waals surface area contributed by atoms with Crippen LogP contribution in [-0.4, -0.2) is 55.6 Å². The van der Waals surface area contributed by atoms with Gasteiger partial charge in [-0.3, -0.25) is 9.59 Å². The van der Waals surface area contributed by atoms with Crippen LogP contribution in [-0.2, 0) is 14.8 Å². The van der Waals surface area contributed by atoms with Crippen LogP contribution in [0.4, 0.5) is 5.69 Å². The molecule has 0 unspecified atom stereocenters. The van der Waals surface area contributed by atoms with Crippen molar-refractivity contribution in [2.75, 3.05) is 31.5 Å². The quantitative estimate of drug-likeness (QED) is 0.760. The lowest BCUT2D eigenvalue weighted by Gasteiger charge is -2.34. The van der Waals surface area contributed by atoms with E-state index in [1.807, 2.05) is 27.7 Å². The van der Waals surface area contributed by atoms with E-state index in [0.717, 1.165) is 9.75 Å². The Morgan fingerprint density at radius 2 is 1.63 bits per heavy atom. The molecule has 2 aromatic rings. The molecular formula is C21H27N3O4S2. The summed E-state index contributed by atoms with van der Waals surface area (Å²) in [4.78, 5) is 28.4. The maximum atomic E-state index is 12.9. The molecular weight excluding hydrogens is 422 g/mol. The van der Waals surface area contributed by atoms with Gasteiger partial charge in [0.2, 0.25) is 15.9 Å². The number of hydrogen-bond acceptors (Lipinski definition) is 5. The number of nitrogens with zero attached hydrogens (tertiary/aromatic N) is 2. The van der Waals surface area contributed by atoms with E-state index in [1.165, 1.54) is 15.6 Å². The molecule has 1 fully saturated rings. The first-order valence-corrected chi connectivity index (χ1v) is 12.1. The number of piperazine rings is 1. The number of nitrogens with one attached hydrogen (secondary N) is 1. The number of rotatable bonds is 5. The number of thiophene rings is 1. The van der Waals surface area contributed by atoms with Gasteiger partial charge in [0.05, 0.1) is 4.90 Å². The highest BCUT2D eigenvalue weighted by Crippen LogP contribution is 2.28. The minimum atomic E-state index is -3.54. The normalized spacial score (nSPS) is 15.4. The topological polar surface area (TPSA) is 86.8 Å². The number of sulfonamides is 1. The van der Waals surface area contributed by atoms with Crippen molar-refractivity contribution in [2.45, 2.75) is 32.6 Å². The number of aryl methyl sites for hydroxylation is 2. The van der Waals surface area contributed by atoms with Gasteiger partial charge >= 0.3 is 0 Å². The smallest absolute Gasteiger partial charge is 0.253 e. The van der Waals surface area contributed by atoms with Gasteiger partial charge in [0, 0.05) is 53.1 Å². The first-order valence-electron chi connectivity index (χ1n) is 9.87. The van der Waals surface area contributed by atoms with Crippen molar-refractivity contribution in [1.29, 1.82) is 0 Å². The monoisotopic (exact) mass is 449 g/mol. The summed E-state index contributed by atoms with van der Waals surface area (Å²) in [6, 6.07) is 8.48.